The monoisotopic (exact) mass is 305 g/mol. The molecule has 0 aliphatic carbocycles. The second-order valence-electron chi connectivity index (χ2n) is 4.61. The van der Waals surface area contributed by atoms with Crippen molar-refractivity contribution in [1.82, 2.24) is 4.31 Å². The summed E-state index contributed by atoms with van der Waals surface area (Å²) < 4.78 is 26.1. The first-order valence-electron chi connectivity index (χ1n) is 6.19. The predicted molar refractivity (Wildman–Crippen MR) is 76.7 cm³/mol. The Morgan fingerprint density at radius 3 is 2.26 bits per heavy atom. The fourth-order valence-corrected chi connectivity index (χ4v) is 3.45. The van der Waals surface area contributed by atoms with Crippen LogP contribution in [0.2, 0.25) is 5.02 Å². The number of aliphatic hydroxyl groups excluding tert-OH is 1. The molecule has 0 fully saturated rings. The van der Waals surface area contributed by atoms with Gasteiger partial charge in [-0.2, -0.15) is 4.31 Å². The Hall–Kier alpha value is -0.620. The summed E-state index contributed by atoms with van der Waals surface area (Å²) >= 11 is 5.76. The average molecular weight is 306 g/mol. The van der Waals surface area contributed by atoms with Crippen LogP contribution >= 0.6 is 11.6 Å². The molecular weight excluding hydrogens is 286 g/mol. The van der Waals surface area contributed by atoms with Crippen LogP contribution in [-0.4, -0.2) is 37.5 Å². The van der Waals surface area contributed by atoms with Crippen molar-refractivity contribution < 1.29 is 13.5 Å². The molecule has 4 nitrogen and oxygen atoms in total. The van der Waals surface area contributed by atoms with E-state index in [1.54, 1.807) is 12.1 Å². The van der Waals surface area contributed by atoms with Crippen LogP contribution in [0.3, 0.4) is 0 Å². The second kappa shape index (κ2) is 6.70. The third-order valence-electron chi connectivity index (χ3n) is 3.45. The highest BCUT2D eigenvalue weighted by molar-refractivity contribution is 7.89. The molecule has 0 aromatic heterocycles. The highest BCUT2D eigenvalue weighted by atomic mass is 35.5. The van der Waals surface area contributed by atoms with Crippen molar-refractivity contribution in [3.63, 3.8) is 0 Å². The highest BCUT2D eigenvalue weighted by Crippen LogP contribution is 2.22. The molecule has 0 spiro atoms. The van der Waals surface area contributed by atoms with Crippen LogP contribution in [0.4, 0.5) is 0 Å². The molecule has 1 N–H and O–H groups in total. The number of benzene rings is 1. The van der Waals surface area contributed by atoms with Gasteiger partial charge in [-0.25, -0.2) is 8.42 Å². The molecule has 0 aliphatic rings. The molecule has 1 rings (SSSR count). The van der Waals surface area contributed by atoms with E-state index in [-0.39, 0.29) is 17.4 Å². The Morgan fingerprint density at radius 2 is 1.84 bits per heavy atom. The van der Waals surface area contributed by atoms with Crippen molar-refractivity contribution in [2.45, 2.75) is 31.2 Å². The molecule has 0 radical (unpaired) electrons. The Bertz CT molecular complexity index is 501. The predicted octanol–water partition coefficient (Wildman–Crippen LogP) is 2.37. The van der Waals surface area contributed by atoms with E-state index in [9.17, 15) is 13.5 Å². The summed E-state index contributed by atoms with van der Waals surface area (Å²) in [7, 11) is -2.11. The average Bonchev–Trinajstić information content (AvgIpc) is 2.39. The third-order valence-corrected chi connectivity index (χ3v) is 5.59. The van der Waals surface area contributed by atoms with Crippen LogP contribution in [0.25, 0.3) is 0 Å². The van der Waals surface area contributed by atoms with E-state index in [1.165, 1.54) is 23.5 Å². The molecule has 6 heteroatoms. The lowest BCUT2D eigenvalue weighted by atomic mass is 10.0. The maximum absolute atomic E-state index is 12.4. The molecule has 0 saturated heterocycles. The van der Waals surface area contributed by atoms with Gasteiger partial charge < -0.3 is 5.11 Å². The molecule has 0 amide bonds. The molecule has 0 bridgehead atoms. The molecule has 2 atom stereocenters. The number of hydrogen-bond acceptors (Lipinski definition) is 3. The number of aliphatic hydroxyl groups is 1. The van der Waals surface area contributed by atoms with Gasteiger partial charge in [0.1, 0.15) is 0 Å². The van der Waals surface area contributed by atoms with Crippen molar-refractivity contribution in [1.29, 1.82) is 0 Å². The first-order chi connectivity index (χ1) is 8.84. The Kier molecular flexibility index (Phi) is 5.80. The number of nitrogens with zero attached hydrogens (tertiary/aromatic N) is 1. The lowest BCUT2D eigenvalue weighted by molar-refractivity contribution is 0.158. The molecule has 0 saturated carbocycles. The zero-order chi connectivity index (χ0) is 14.6. The van der Waals surface area contributed by atoms with Gasteiger partial charge in [0.25, 0.3) is 0 Å². The van der Waals surface area contributed by atoms with Crippen molar-refractivity contribution >= 4 is 21.6 Å². The van der Waals surface area contributed by atoms with E-state index in [2.05, 4.69) is 0 Å². The summed E-state index contributed by atoms with van der Waals surface area (Å²) in [6, 6.07) is 5.60. The minimum Gasteiger partial charge on any atom is -0.395 e. The van der Waals surface area contributed by atoms with Crippen LogP contribution in [0.15, 0.2) is 29.2 Å². The Labute approximate surface area is 120 Å². The number of likely N-dealkylation sites (N-methyl/N-ethyl adjacent to an activating group) is 1. The molecule has 0 heterocycles. The molecule has 108 valence electrons. The van der Waals surface area contributed by atoms with E-state index in [1.807, 2.05) is 13.8 Å². The standard InChI is InChI=1S/C13H20ClNO3S/c1-4-10(2)13(9-16)15(3)19(17,18)12-7-5-11(14)6-8-12/h5-8,10,13,16H,4,9H2,1-3H3/t10-,13+/m0/s1. The van der Waals surface area contributed by atoms with Gasteiger partial charge in [-0.15, -0.1) is 0 Å². The number of rotatable bonds is 6. The van der Waals surface area contributed by atoms with Gasteiger partial charge in [-0.05, 0) is 30.2 Å². The van der Waals surface area contributed by atoms with E-state index >= 15 is 0 Å². The number of hydrogen-bond donors (Lipinski definition) is 1. The summed E-state index contributed by atoms with van der Waals surface area (Å²) in [4.78, 5) is 0.182. The molecular formula is C13H20ClNO3S. The first-order valence-corrected chi connectivity index (χ1v) is 8.00. The van der Waals surface area contributed by atoms with Crippen LogP contribution in [0, 0.1) is 5.92 Å². The molecule has 19 heavy (non-hydrogen) atoms. The molecule has 1 aromatic carbocycles. The fraction of sp³-hybridized carbons (Fsp3) is 0.538. The largest absolute Gasteiger partial charge is 0.395 e. The topological polar surface area (TPSA) is 57.6 Å². The summed E-state index contributed by atoms with van der Waals surface area (Å²) in [5, 5.41) is 9.91. The van der Waals surface area contributed by atoms with E-state index in [0.29, 0.717) is 5.02 Å². The molecule has 1 aromatic rings. The normalized spacial score (nSPS) is 15.5. The quantitative estimate of drug-likeness (QED) is 0.878. The van der Waals surface area contributed by atoms with Crippen molar-refractivity contribution in [2.75, 3.05) is 13.7 Å². The number of halogens is 1. The zero-order valence-corrected chi connectivity index (χ0v) is 12.9. The summed E-state index contributed by atoms with van der Waals surface area (Å²) in [6.45, 7) is 3.70. The lowest BCUT2D eigenvalue weighted by Crippen LogP contribution is -2.43. The summed E-state index contributed by atoms with van der Waals surface area (Å²) in [5.74, 6) is 0.0806. The van der Waals surface area contributed by atoms with E-state index in [0.717, 1.165) is 6.42 Å². The number of sulfonamides is 1. The zero-order valence-electron chi connectivity index (χ0n) is 11.4. The van der Waals surface area contributed by atoms with Gasteiger partial charge in [0.15, 0.2) is 0 Å². The maximum atomic E-state index is 12.4. The van der Waals surface area contributed by atoms with Crippen LogP contribution < -0.4 is 0 Å². The third kappa shape index (κ3) is 3.69. The summed E-state index contributed by atoms with van der Waals surface area (Å²) in [5.41, 5.74) is 0. The minimum absolute atomic E-state index is 0.0806. The van der Waals surface area contributed by atoms with Crippen molar-refractivity contribution in [3.8, 4) is 0 Å². The Balaban J connectivity index is 3.08. The van der Waals surface area contributed by atoms with E-state index in [4.69, 9.17) is 11.6 Å². The SMILES string of the molecule is CC[C@H](C)[C@@H](CO)N(C)S(=O)(=O)c1ccc(Cl)cc1. The first kappa shape index (κ1) is 16.4. The smallest absolute Gasteiger partial charge is 0.243 e. The molecule has 0 aliphatic heterocycles. The van der Waals surface area contributed by atoms with Crippen LogP contribution in [0.5, 0.6) is 0 Å². The highest BCUT2D eigenvalue weighted by Gasteiger charge is 2.30. The maximum Gasteiger partial charge on any atom is 0.243 e. The Morgan fingerprint density at radius 1 is 1.32 bits per heavy atom. The van der Waals surface area contributed by atoms with Gasteiger partial charge in [-0.1, -0.05) is 31.9 Å². The molecule has 0 unspecified atom stereocenters. The minimum atomic E-state index is -3.61. The van der Waals surface area contributed by atoms with Gasteiger partial charge in [0.05, 0.1) is 17.5 Å². The fourth-order valence-electron chi connectivity index (χ4n) is 1.88. The van der Waals surface area contributed by atoms with Gasteiger partial charge >= 0.3 is 0 Å². The summed E-state index contributed by atoms with van der Waals surface area (Å²) in [6.07, 6.45) is 0.797. The van der Waals surface area contributed by atoms with E-state index < -0.39 is 16.1 Å². The van der Waals surface area contributed by atoms with Crippen molar-refractivity contribution in [3.05, 3.63) is 29.3 Å². The van der Waals surface area contributed by atoms with Crippen LogP contribution in [-0.2, 0) is 10.0 Å². The lowest BCUT2D eigenvalue weighted by Gasteiger charge is -2.30. The van der Waals surface area contributed by atoms with Crippen LogP contribution in [0.1, 0.15) is 20.3 Å². The van der Waals surface area contributed by atoms with Gasteiger partial charge in [0, 0.05) is 12.1 Å². The van der Waals surface area contributed by atoms with Crippen molar-refractivity contribution in [2.24, 2.45) is 5.92 Å². The second-order valence-corrected chi connectivity index (χ2v) is 7.04. The van der Waals surface area contributed by atoms with Gasteiger partial charge in [-0.3, -0.25) is 0 Å². The van der Waals surface area contributed by atoms with Gasteiger partial charge in [0.2, 0.25) is 10.0 Å².